The summed E-state index contributed by atoms with van der Waals surface area (Å²) in [4.78, 5) is 0.195. The number of anilines is 2. The van der Waals surface area contributed by atoms with Crippen molar-refractivity contribution in [3.8, 4) is 0 Å². The molecular formula is C18H18N4O2S. The topological polar surface area (TPSA) is 84.0 Å². The highest BCUT2D eigenvalue weighted by atomic mass is 32.2. The van der Waals surface area contributed by atoms with Crippen molar-refractivity contribution in [2.75, 3.05) is 10.0 Å². The van der Waals surface area contributed by atoms with Gasteiger partial charge in [0.05, 0.1) is 4.90 Å². The maximum Gasteiger partial charge on any atom is 0.263 e. The van der Waals surface area contributed by atoms with E-state index in [2.05, 4.69) is 20.2 Å². The number of rotatable bonds is 6. The molecule has 25 heavy (non-hydrogen) atoms. The van der Waals surface area contributed by atoms with E-state index in [1.54, 1.807) is 30.3 Å². The molecule has 2 aromatic carbocycles. The Morgan fingerprint density at radius 3 is 2.28 bits per heavy atom. The second-order valence-corrected chi connectivity index (χ2v) is 7.25. The highest BCUT2D eigenvalue weighted by molar-refractivity contribution is 7.92. The standard InChI is InChI=1S/C18H18N4O2S/c1-14-6-5-9-16(12-14)25(23,24)22-18-11-10-17(20-21-18)19-13-15-7-3-2-4-8-15/h2-12H,13H2,1H3,(H,19,20)(H,21,22). The lowest BCUT2D eigenvalue weighted by atomic mass is 10.2. The highest BCUT2D eigenvalue weighted by Gasteiger charge is 2.15. The van der Waals surface area contributed by atoms with Crippen molar-refractivity contribution >= 4 is 21.7 Å². The second kappa shape index (κ2) is 7.31. The quantitative estimate of drug-likeness (QED) is 0.710. The van der Waals surface area contributed by atoms with Crippen LogP contribution in [0.3, 0.4) is 0 Å². The zero-order chi connectivity index (χ0) is 17.7. The second-order valence-electron chi connectivity index (χ2n) is 5.56. The Morgan fingerprint density at radius 1 is 0.880 bits per heavy atom. The Hall–Kier alpha value is -2.93. The Balaban J connectivity index is 1.66. The molecule has 3 rings (SSSR count). The normalized spacial score (nSPS) is 11.1. The SMILES string of the molecule is Cc1cccc(S(=O)(=O)Nc2ccc(NCc3ccccc3)nn2)c1. The average Bonchev–Trinajstić information content (AvgIpc) is 2.62. The fourth-order valence-corrected chi connectivity index (χ4v) is 3.35. The largest absolute Gasteiger partial charge is 0.365 e. The van der Waals surface area contributed by atoms with E-state index in [0.29, 0.717) is 12.4 Å². The van der Waals surface area contributed by atoms with E-state index >= 15 is 0 Å². The van der Waals surface area contributed by atoms with Crippen molar-refractivity contribution in [1.29, 1.82) is 0 Å². The smallest absolute Gasteiger partial charge is 0.263 e. The van der Waals surface area contributed by atoms with E-state index in [1.807, 2.05) is 43.3 Å². The summed E-state index contributed by atoms with van der Waals surface area (Å²) >= 11 is 0. The molecule has 1 aromatic heterocycles. The summed E-state index contributed by atoms with van der Waals surface area (Å²) in [5.74, 6) is 0.745. The van der Waals surface area contributed by atoms with Crippen LogP contribution in [0.2, 0.25) is 0 Å². The summed E-state index contributed by atoms with van der Waals surface area (Å²) in [7, 11) is -3.68. The Bertz CT molecular complexity index is 942. The zero-order valence-corrected chi connectivity index (χ0v) is 14.5. The van der Waals surface area contributed by atoms with Gasteiger partial charge in [-0.25, -0.2) is 8.42 Å². The number of sulfonamides is 1. The van der Waals surface area contributed by atoms with Crippen LogP contribution in [0.25, 0.3) is 0 Å². The minimum Gasteiger partial charge on any atom is -0.365 e. The minimum atomic E-state index is -3.68. The lowest BCUT2D eigenvalue weighted by Gasteiger charge is -2.09. The fraction of sp³-hybridized carbons (Fsp3) is 0.111. The first kappa shape index (κ1) is 16.9. The molecule has 0 radical (unpaired) electrons. The predicted molar refractivity (Wildman–Crippen MR) is 97.8 cm³/mol. The summed E-state index contributed by atoms with van der Waals surface area (Å²) in [5, 5.41) is 11.1. The van der Waals surface area contributed by atoms with Gasteiger partial charge < -0.3 is 5.32 Å². The number of aromatic nitrogens is 2. The molecule has 0 unspecified atom stereocenters. The number of nitrogens with one attached hydrogen (secondary N) is 2. The summed E-state index contributed by atoms with van der Waals surface area (Å²) in [6.07, 6.45) is 0. The first-order chi connectivity index (χ1) is 12.0. The van der Waals surface area contributed by atoms with Gasteiger partial charge >= 0.3 is 0 Å². The van der Waals surface area contributed by atoms with E-state index in [4.69, 9.17) is 0 Å². The minimum absolute atomic E-state index is 0.173. The maximum absolute atomic E-state index is 12.4. The van der Waals surface area contributed by atoms with Gasteiger partial charge in [-0.3, -0.25) is 4.72 Å². The molecule has 0 saturated heterocycles. The summed E-state index contributed by atoms with van der Waals surface area (Å²) in [5.41, 5.74) is 1.99. The van der Waals surface area contributed by atoms with Crippen LogP contribution in [0.15, 0.2) is 71.6 Å². The molecule has 0 spiro atoms. The van der Waals surface area contributed by atoms with Crippen molar-refractivity contribution in [3.63, 3.8) is 0 Å². The summed E-state index contributed by atoms with van der Waals surface area (Å²) in [6.45, 7) is 2.45. The molecule has 0 saturated carbocycles. The molecule has 0 bridgehead atoms. The van der Waals surface area contributed by atoms with E-state index in [1.165, 1.54) is 0 Å². The summed E-state index contributed by atoms with van der Waals surface area (Å²) in [6, 6.07) is 19.8. The lowest BCUT2D eigenvalue weighted by molar-refractivity contribution is 0.601. The molecule has 7 heteroatoms. The summed E-state index contributed by atoms with van der Waals surface area (Å²) < 4.78 is 27.1. The van der Waals surface area contributed by atoms with Gasteiger partial charge in [0.15, 0.2) is 5.82 Å². The molecule has 0 amide bonds. The zero-order valence-electron chi connectivity index (χ0n) is 13.7. The third kappa shape index (κ3) is 4.54. The predicted octanol–water partition coefficient (Wildman–Crippen LogP) is 3.20. The molecule has 0 aliphatic carbocycles. The molecule has 0 aliphatic rings. The van der Waals surface area contributed by atoms with E-state index in [-0.39, 0.29) is 10.7 Å². The molecule has 128 valence electrons. The van der Waals surface area contributed by atoms with Crippen molar-refractivity contribution < 1.29 is 8.42 Å². The van der Waals surface area contributed by atoms with E-state index in [9.17, 15) is 8.42 Å². The molecule has 3 aromatic rings. The van der Waals surface area contributed by atoms with Crippen LogP contribution in [0.4, 0.5) is 11.6 Å². The molecule has 0 fully saturated rings. The van der Waals surface area contributed by atoms with Gasteiger partial charge in [-0.2, -0.15) is 0 Å². The molecule has 0 atom stereocenters. The van der Waals surface area contributed by atoms with Crippen LogP contribution in [0, 0.1) is 6.92 Å². The molecule has 6 nitrogen and oxygen atoms in total. The van der Waals surface area contributed by atoms with Crippen LogP contribution in [-0.4, -0.2) is 18.6 Å². The first-order valence-corrected chi connectivity index (χ1v) is 9.22. The Morgan fingerprint density at radius 2 is 1.60 bits per heavy atom. The van der Waals surface area contributed by atoms with Crippen LogP contribution >= 0.6 is 0 Å². The van der Waals surface area contributed by atoms with Gasteiger partial charge in [0, 0.05) is 6.54 Å². The van der Waals surface area contributed by atoms with Crippen molar-refractivity contribution in [2.24, 2.45) is 0 Å². The number of aryl methyl sites for hydroxylation is 1. The van der Waals surface area contributed by atoms with Gasteiger partial charge in [-0.05, 0) is 42.3 Å². The van der Waals surface area contributed by atoms with Gasteiger partial charge in [0.25, 0.3) is 10.0 Å². The van der Waals surface area contributed by atoms with Crippen molar-refractivity contribution in [1.82, 2.24) is 10.2 Å². The van der Waals surface area contributed by atoms with Crippen LogP contribution in [0.5, 0.6) is 0 Å². The molecule has 1 heterocycles. The van der Waals surface area contributed by atoms with Gasteiger partial charge in [0.2, 0.25) is 0 Å². The number of hydrogen-bond donors (Lipinski definition) is 2. The monoisotopic (exact) mass is 354 g/mol. The maximum atomic E-state index is 12.4. The van der Waals surface area contributed by atoms with Crippen molar-refractivity contribution in [3.05, 3.63) is 77.9 Å². The van der Waals surface area contributed by atoms with Crippen LogP contribution in [-0.2, 0) is 16.6 Å². The lowest BCUT2D eigenvalue weighted by Crippen LogP contribution is -2.14. The van der Waals surface area contributed by atoms with Gasteiger partial charge in [-0.15, -0.1) is 10.2 Å². The average molecular weight is 354 g/mol. The number of benzene rings is 2. The van der Waals surface area contributed by atoms with Crippen LogP contribution < -0.4 is 10.0 Å². The fourth-order valence-electron chi connectivity index (χ4n) is 2.25. The van der Waals surface area contributed by atoms with E-state index in [0.717, 1.165) is 11.1 Å². The van der Waals surface area contributed by atoms with E-state index < -0.39 is 10.0 Å². The number of hydrogen-bond acceptors (Lipinski definition) is 5. The third-order valence-electron chi connectivity index (χ3n) is 3.52. The first-order valence-electron chi connectivity index (χ1n) is 7.74. The van der Waals surface area contributed by atoms with Crippen molar-refractivity contribution in [2.45, 2.75) is 18.4 Å². The van der Waals surface area contributed by atoms with Crippen LogP contribution in [0.1, 0.15) is 11.1 Å². The molecule has 2 N–H and O–H groups in total. The Labute approximate surface area is 147 Å². The molecular weight excluding hydrogens is 336 g/mol. The van der Waals surface area contributed by atoms with Gasteiger partial charge in [0.1, 0.15) is 5.82 Å². The highest BCUT2D eigenvalue weighted by Crippen LogP contribution is 2.16. The Kier molecular flexibility index (Phi) is 4.95. The number of nitrogens with zero attached hydrogens (tertiary/aromatic N) is 2. The third-order valence-corrected chi connectivity index (χ3v) is 4.87. The van der Waals surface area contributed by atoms with Gasteiger partial charge in [-0.1, -0.05) is 42.5 Å². The molecule has 0 aliphatic heterocycles.